The van der Waals surface area contributed by atoms with E-state index < -0.39 is 0 Å². The third kappa shape index (κ3) is 4.58. The number of hydrogen-bond acceptors (Lipinski definition) is 4. The summed E-state index contributed by atoms with van der Waals surface area (Å²) in [6.07, 6.45) is 0. The molecule has 1 atom stereocenters. The average molecular weight is 411 g/mol. The Morgan fingerprint density at radius 1 is 1.03 bits per heavy atom. The summed E-state index contributed by atoms with van der Waals surface area (Å²) in [4.78, 5) is 3.71. The van der Waals surface area contributed by atoms with Crippen LogP contribution < -0.4 is 9.80 Å². The number of hydrogen-bond donors (Lipinski definition) is 1. The number of nitrogens with zero attached hydrogens (tertiary/aromatic N) is 4. The van der Waals surface area contributed by atoms with Gasteiger partial charge in [0.25, 0.3) is 0 Å². The number of quaternary nitrogens is 1. The van der Waals surface area contributed by atoms with E-state index in [-0.39, 0.29) is 0 Å². The van der Waals surface area contributed by atoms with Crippen molar-refractivity contribution in [3.8, 4) is 11.4 Å². The minimum atomic E-state index is 0.727. The van der Waals surface area contributed by atoms with E-state index in [0.29, 0.717) is 0 Å². The first kappa shape index (κ1) is 19.8. The van der Waals surface area contributed by atoms with Crippen LogP contribution in [0.15, 0.2) is 54.6 Å². The number of anilines is 1. The normalized spacial score (nSPS) is 15.4. The molecule has 2 aromatic carbocycles. The lowest BCUT2D eigenvalue weighted by molar-refractivity contribution is -0.917. The Kier molecular flexibility index (Phi) is 6.08. The van der Waals surface area contributed by atoms with E-state index in [0.717, 1.165) is 55.7 Å². The van der Waals surface area contributed by atoms with Gasteiger partial charge in [-0.15, -0.1) is 5.10 Å². The van der Waals surface area contributed by atoms with Gasteiger partial charge in [0.1, 0.15) is 6.54 Å². The molecule has 29 heavy (non-hydrogen) atoms. The Labute approximate surface area is 176 Å². The lowest BCUT2D eigenvalue weighted by Gasteiger charge is -2.29. The van der Waals surface area contributed by atoms with Crippen molar-refractivity contribution in [3.05, 3.63) is 64.9 Å². The van der Waals surface area contributed by atoms with E-state index in [9.17, 15) is 0 Å². The van der Waals surface area contributed by atoms with Crippen LogP contribution in [0.5, 0.6) is 0 Å². The van der Waals surface area contributed by atoms with Gasteiger partial charge in [-0.3, -0.25) is 0 Å². The molecule has 1 aliphatic heterocycles. The van der Waals surface area contributed by atoms with E-state index in [1.807, 2.05) is 34.5 Å². The second kappa shape index (κ2) is 8.90. The van der Waals surface area contributed by atoms with E-state index >= 15 is 0 Å². The summed E-state index contributed by atoms with van der Waals surface area (Å²) in [5.41, 5.74) is 3.66. The second-order valence-corrected chi connectivity index (χ2v) is 7.95. The van der Waals surface area contributed by atoms with Gasteiger partial charge >= 0.3 is 0 Å². The zero-order valence-electron chi connectivity index (χ0n) is 17.0. The summed E-state index contributed by atoms with van der Waals surface area (Å²) in [7, 11) is 4.16. The maximum Gasteiger partial charge on any atom is 0.202 e. The molecule has 2 heterocycles. The largest absolute Gasteiger partial charge is 0.378 e. The molecular formula is C22H28N5OS+. The van der Waals surface area contributed by atoms with Crippen LogP contribution in [0.4, 0.5) is 5.69 Å². The van der Waals surface area contributed by atoms with Crippen molar-refractivity contribution in [2.75, 3.05) is 38.3 Å². The molecule has 4 rings (SSSR count). The summed E-state index contributed by atoms with van der Waals surface area (Å²) in [6, 6.07) is 19.1. The fourth-order valence-corrected chi connectivity index (χ4v) is 3.93. The average Bonchev–Trinajstić information content (AvgIpc) is 3.04. The first-order valence-electron chi connectivity index (χ1n) is 10.0. The molecular weight excluding hydrogens is 382 g/mol. The third-order valence-electron chi connectivity index (χ3n) is 5.31. The Hall–Kier alpha value is -2.48. The van der Waals surface area contributed by atoms with Crippen LogP contribution in [0, 0.1) is 4.77 Å². The van der Waals surface area contributed by atoms with Crippen molar-refractivity contribution in [3.63, 3.8) is 0 Å². The molecule has 6 nitrogen and oxygen atoms in total. The molecule has 152 valence electrons. The maximum atomic E-state index is 5.62. The Morgan fingerprint density at radius 2 is 1.72 bits per heavy atom. The van der Waals surface area contributed by atoms with Crippen molar-refractivity contribution >= 4 is 17.9 Å². The summed E-state index contributed by atoms with van der Waals surface area (Å²) in [5, 5.41) is 4.77. The summed E-state index contributed by atoms with van der Waals surface area (Å²) < 4.78 is 10.1. The van der Waals surface area contributed by atoms with Crippen molar-refractivity contribution in [1.82, 2.24) is 14.3 Å². The van der Waals surface area contributed by atoms with Gasteiger partial charge in [0.2, 0.25) is 4.77 Å². The molecule has 0 spiro atoms. The Morgan fingerprint density at radius 3 is 2.41 bits per heavy atom. The SMILES string of the molecule is Cn1c(-c2ccccc2)nn(C[NH+](C)Cc2ccc(N3CCOCC3)cc2)c1=S. The van der Waals surface area contributed by atoms with Crippen LogP contribution in [0.1, 0.15) is 5.56 Å². The molecule has 1 saturated heterocycles. The maximum absolute atomic E-state index is 5.62. The molecule has 1 aliphatic rings. The lowest BCUT2D eigenvalue weighted by atomic mass is 10.2. The molecule has 1 fully saturated rings. The molecule has 0 amide bonds. The molecule has 1 aromatic heterocycles. The van der Waals surface area contributed by atoms with Crippen LogP contribution in [-0.4, -0.2) is 47.7 Å². The number of ether oxygens (including phenoxy) is 1. The van der Waals surface area contributed by atoms with Crippen molar-refractivity contribution < 1.29 is 9.64 Å². The lowest BCUT2D eigenvalue weighted by Crippen LogP contribution is -3.07. The first-order chi connectivity index (χ1) is 14.1. The van der Waals surface area contributed by atoms with Gasteiger partial charge in [-0.05, 0) is 24.4 Å². The fourth-order valence-electron chi connectivity index (χ4n) is 3.74. The smallest absolute Gasteiger partial charge is 0.202 e. The third-order valence-corrected chi connectivity index (χ3v) is 5.80. The topological polar surface area (TPSA) is 39.7 Å². The standard InChI is InChI=1S/C22H27N5OS/c1-24(16-18-8-10-20(11-9-18)26-12-14-28-15-13-26)17-27-22(29)25(2)21(23-27)19-6-4-3-5-7-19/h3-11H,12-17H2,1-2H3/p+1. The van der Waals surface area contributed by atoms with Crippen LogP contribution in [0.25, 0.3) is 11.4 Å². The van der Waals surface area contributed by atoms with Gasteiger partial charge in [0.15, 0.2) is 12.5 Å². The molecule has 3 aromatic rings. The van der Waals surface area contributed by atoms with E-state index in [1.54, 1.807) is 0 Å². The fraction of sp³-hybridized carbons (Fsp3) is 0.364. The molecule has 0 radical (unpaired) electrons. The zero-order valence-corrected chi connectivity index (χ0v) is 17.9. The Balaban J connectivity index is 1.42. The predicted molar refractivity (Wildman–Crippen MR) is 118 cm³/mol. The minimum absolute atomic E-state index is 0.727. The number of benzene rings is 2. The van der Waals surface area contributed by atoms with E-state index in [1.165, 1.54) is 16.2 Å². The summed E-state index contributed by atoms with van der Waals surface area (Å²) >= 11 is 5.62. The van der Waals surface area contributed by atoms with E-state index in [4.69, 9.17) is 22.1 Å². The molecule has 0 aliphatic carbocycles. The van der Waals surface area contributed by atoms with Gasteiger partial charge in [0.05, 0.1) is 20.3 Å². The Bertz CT molecular complexity index is 990. The van der Waals surface area contributed by atoms with Crippen molar-refractivity contribution in [1.29, 1.82) is 0 Å². The van der Waals surface area contributed by atoms with Gasteiger partial charge in [0, 0.05) is 37.0 Å². The predicted octanol–water partition coefficient (Wildman–Crippen LogP) is 2.13. The van der Waals surface area contributed by atoms with Gasteiger partial charge in [-0.2, -0.15) is 4.68 Å². The van der Waals surface area contributed by atoms with Gasteiger partial charge in [-0.25, -0.2) is 0 Å². The quantitative estimate of drug-likeness (QED) is 0.632. The second-order valence-electron chi connectivity index (χ2n) is 7.59. The number of nitrogens with one attached hydrogen (secondary N) is 1. The molecule has 1 unspecified atom stereocenters. The molecule has 1 N–H and O–H groups in total. The highest BCUT2D eigenvalue weighted by molar-refractivity contribution is 7.71. The highest BCUT2D eigenvalue weighted by Gasteiger charge is 2.14. The highest BCUT2D eigenvalue weighted by Crippen LogP contribution is 2.17. The van der Waals surface area contributed by atoms with Crippen LogP contribution in [0.3, 0.4) is 0 Å². The van der Waals surface area contributed by atoms with Crippen LogP contribution in [-0.2, 0) is 25.0 Å². The molecule has 0 bridgehead atoms. The molecule has 7 heteroatoms. The zero-order chi connectivity index (χ0) is 20.2. The van der Waals surface area contributed by atoms with E-state index in [2.05, 4.69) is 48.3 Å². The van der Waals surface area contributed by atoms with Gasteiger partial charge < -0.3 is 19.1 Å². The summed E-state index contributed by atoms with van der Waals surface area (Å²) in [5.74, 6) is 0.901. The van der Waals surface area contributed by atoms with Crippen molar-refractivity contribution in [2.45, 2.75) is 13.2 Å². The monoisotopic (exact) mass is 410 g/mol. The van der Waals surface area contributed by atoms with Gasteiger partial charge in [-0.1, -0.05) is 42.5 Å². The van der Waals surface area contributed by atoms with Crippen LogP contribution in [0.2, 0.25) is 0 Å². The van der Waals surface area contributed by atoms with Crippen LogP contribution >= 0.6 is 12.2 Å². The highest BCUT2D eigenvalue weighted by atomic mass is 32.1. The number of morpholine rings is 1. The first-order valence-corrected chi connectivity index (χ1v) is 10.4. The molecule has 0 saturated carbocycles. The number of aromatic nitrogens is 3. The van der Waals surface area contributed by atoms with Crippen molar-refractivity contribution in [2.24, 2.45) is 7.05 Å². The number of rotatable bonds is 6. The minimum Gasteiger partial charge on any atom is -0.378 e. The summed E-state index contributed by atoms with van der Waals surface area (Å²) in [6.45, 7) is 5.19.